The van der Waals surface area contributed by atoms with Crippen molar-refractivity contribution >= 4 is 17.7 Å². The molecule has 3 N–H and O–H groups in total. The van der Waals surface area contributed by atoms with Crippen LogP contribution in [0.25, 0.3) is 0 Å². The normalized spacial score (nSPS) is 14.8. The number of amides is 2. The fraction of sp³-hybridized carbons (Fsp3) is 0.391. The Kier molecular flexibility index (Phi) is 8.09. The summed E-state index contributed by atoms with van der Waals surface area (Å²) < 4.78 is 19.0. The average Bonchev–Trinajstić information content (AvgIpc) is 3.29. The molecule has 1 atom stereocenters. The molecule has 1 aliphatic heterocycles. The van der Waals surface area contributed by atoms with Gasteiger partial charge in [-0.15, -0.1) is 0 Å². The molecule has 0 bridgehead atoms. The van der Waals surface area contributed by atoms with Gasteiger partial charge in [-0.05, 0) is 49.6 Å². The number of benzene rings is 2. The summed E-state index contributed by atoms with van der Waals surface area (Å²) in [6.45, 7) is 4.58. The summed E-state index contributed by atoms with van der Waals surface area (Å²) in [5, 5.41) is 9.42. The number of ether oxygens (including phenoxy) is 1. The van der Waals surface area contributed by atoms with Gasteiger partial charge in [0.15, 0.2) is 5.96 Å². The van der Waals surface area contributed by atoms with Gasteiger partial charge in [-0.2, -0.15) is 0 Å². The Labute approximate surface area is 182 Å². The minimum absolute atomic E-state index is 0.0487. The van der Waals surface area contributed by atoms with Crippen LogP contribution >= 0.6 is 0 Å². The van der Waals surface area contributed by atoms with E-state index in [4.69, 9.17) is 4.74 Å². The van der Waals surface area contributed by atoms with Gasteiger partial charge in [0.05, 0.1) is 6.54 Å². The first-order chi connectivity index (χ1) is 15.0. The highest BCUT2D eigenvalue weighted by molar-refractivity contribution is 5.89. The van der Waals surface area contributed by atoms with E-state index in [9.17, 15) is 9.18 Å². The van der Waals surface area contributed by atoms with Gasteiger partial charge in [-0.25, -0.2) is 9.18 Å². The van der Waals surface area contributed by atoms with Crippen molar-refractivity contribution in [3.8, 4) is 5.75 Å². The van der Waals surface area contributed by atoms with E-state index in [1.807, 2.05) is 36.1 Å². The average molecular weight is 428 g/mol. The maximum atomic E-state index is 13.3. The zero-order chi connectivity index (χ0) is 22.1. The number of likely N-dealkylation sites (tertiary alicyclic amines) is 1. The SMILES string of the molecule is CN=C(NCc1cccc(NC(=O)N2CCCC2)c1)NCC(C)Oc1cccc(F)c1. The lowest BCUT2D eigenvalue weighted by Gasteiger charge is -2.18. The van der Waals surface area contributed by atoms with Crippen molar-refractivity contribution in [3.05, 3.63) is 59.9 Å². The number of anilines is 1. The molecule has 8 heteroatoms. The third-order valence-corrected chi connectivity index (χ3v) is 4.95. The van der Waals surface area contributed by atoms with Gasteiger partial charge < -0.3 is 25.6 Å². The summed E-state index contributed by atoms with van der Waals surface area (Å²) in [7, 11) is 1.69. The molecule has 2 amide bonds. The number of nitrogens with one attached hydrogen (secondary N) is 3. The van der Waals surface area contributed by atoms with Crippen LogP contribution < -0.4 is 20.7 Å². The molecule has 2 aromatic carbocycles. The van der Waals surface area contributed by atoms with Crippen molar-refractivity contribution < 1.29 is 13.9 Å². The summed E-state index contributed by atoms with van der Waals surface area (Å²) in [5.74, 6) is 0.792. The molecule has 0 spiro atoms. The molecule has 1 heterocycles. The van der Waals surface area contributed by atoms with E-state index in [0.29, 0.717) is 24.8 Å². The minimum atomic E-state index is -0.325. The van der Waals surface area contributed by atoms with Crippen LogP contribution in [0.3, 0.4) is 0 Å². The monoisotopic (exact) mass is 427 g/mol. The largest absolute Gasteiger partial charge is 0.489 e. The third kappa shape index (κ3) is 7.16. The molecule has 166 valence electrons. The molecule has 0 radical (unpaired) electrons. The number of aliphatic imine (C=N–C) groups is 1. The van der Waals surface area contributed by atoms with Crippen LogP contribution in [0.4, 0.5) is 14.9 Å². The Morgan fingerprint density at radius 3 is 2.68 bits per heavy atom. The van der Waals surface area contributed by atoms with E-state index in [1.54, 1.807) is 19.2 Å². The Bertz CT molecular complexity index is 899. The Balaban J connectivity index is 1.45. The molecule has 0 aliphatic carbocycles. The number of guanidine groups is 1. The molecule has 3 rings (SSSR count). The summed E-state index contributed by atoms with van der Waals surface area (Å²) in [6, 6.07) is 13.8. The fourth-order valence-electron chi connectivity index (χ4n) is 3.34. The van der Waals surface area contributed by atoms with Gasteiger partial charge in [0.25, 0.3) is 0 Å². The molecule has 0 saturated carbocycles. The summed E-state index contributed by atoms with van der Waals surface area (Å²) in [5.41, 5.74) is 1.79. The van der Waals surface area contributed by atoms with E-state index >= 15 is 0 Å². The summed E-state index contributed by atoms with van der Waals surface area (Å²) in [4.78, 5) is 18.3. The first-order valence-electron chi connectivity index (χ1n) is 10.5. The maximum Gasteiger partial charge on any atom is 0.321 e. The van der Waals surface area contributed by atoms with Crippen LogP contribution in [0, 0.1) is 5.82 Å². The molecular weight excluding hydrogens is 397 g/mol. The van der Waals surface area contributed by atoms with Gasteiger partial charge in [0.1, 0.15) is 17.7 Å². The zero-order valence-corrected chi connectivity index (χ0v) is 18.0. The number of hydrogen-bond donors (Lipinski definition) is 3. The second-order valence-electron chi connectivity index (χ2n) is 7.52. The van der Waals surface area contributed by atoms with Crippen LogP contribution in [0.15, 0.2) is 53.5 Å². The number of hydrogen-bond acceptors (Lipinski definition) is 3. The molecule has 1 unspecified atom stereocenters. The van der Waals surface area contributed by atoms with Crippen LogP contribution in [-0.4, -0.2) is 49.7 Å². The zero-order valence-electron chi connectivity index (χ0n) is 18.0. The molecule has 7 nitrogen and oxygen atoms in total. The highest BCUT2D eigenvalue weighted by atomic mass is 19.1. The van der Waals surface area contributed by atoms with Crippen molar-refractivity contribution in [2.75, 3.05) is 32.0 Å². The Hall–Kier alpha value is -3.29. The second-order valence-corrected chi connectivity index (χ2v) is 7.52. The van der Waals surface area contributed by atoms with Crippen LogP contribution in [0.5, 0.6) is 5.75 Å². The van der Waals surface area contributed by atoms with Crippen molar-refractivity contribution in [2.45, 2.75) is 32.4 Å². The van der Waals surface area contributed by atoms with E-state index in [-0.39, 0.29) is 18.0 Å². The number of rotatable bonds is 7. The van der Waals surface area contributed by atoms with E-state index in [0.717, 1.165) is 37.2 Å². The summed E-state index contributed by atoms with van der Waals surface area (Å²) >= 11 is 0. The second kappa shape index (κ2) is 11.2. The predicted octanol–water partition coefficient (Wildman–Crippen LogP) is 3.59. The van der Waals surface area contributed by atoms with Crippen LogP contribution in [0.2, 0.25) is 0 Å². The molecule has 0 aromatic heterocycles. The molecule has 31 heavy (non-hydrogen) atoms. The number of halogens is 1. The molecule has 1 aliphatic rings. The number of carbonyl (C=O) groups excluding carboxylic acids is 1. The molecule has 1 saturated heterocycles. The lowest BCUT2D eigenvalue weighted by molar-refractivity contribution is 0.222. The standard InChI is InChI=1S/C23H30FN5O2/c1-17(31-21-10-6-8-19(24)14-21)15-26-22(25-2)27-16-18-7-5-9-20(13-18)28-23(30)29-11-3-4-12-29/h5-10,13-14,17H,3-4,11-12,15-16H2,1-2H3,(H,28,30)(H2,25,26,27). The first kappa shape index (κ1) is 22.4. The predicted molar refractivity (Wildman–Crippen MR) is 121 cm³/mol. The lowest BCUT2D eigenvalue weighted by Crippen LogP contribution is -2.41. The maximum absolute atomic E-state index is 13.3. The smallest absolute Gasteiger partial charge is 0.321 e. The van der Waals surface area contributed by atoms with Gasteiger partial charge >= 0.3 is 6.03 Å². The lowest BCUT2D eigenvalue weighted by atomic mass is 10.2. The third-order valence-electron chi connectivity index (χ3n) is 4.95. The van der Waals surface area contributed by atoms with E-state index in [2.05, 4.69) is 20.9 Å². The highest BCUT2D eigenvalue weighted by Crippen LogP contribution is 2.15. The van der Waals surface area contributed by atoms with Crippen LogP contribution in [-0.2, 0) is 6.54 Å². The van der Waals surface area contributed by atoms with Gasteiger partial charge in [-0.3, -0.25) is 4.99 Å². The van der Waals surface area contributed by atoms with Crippen molar-refractivity contribution in [3.63, 3.8) is 0 Å². The van der Waals surface area contributed by atoms with Crippen molar-refractivity contribution in [2.24, 2.45) is 4.99 Å². The molecular formula is C23H30FN5O2. The topological polar surface area (TPSA) is 78.0 Å². The van der Waals surface area contributed by atoms with Crippen LogP contribution in [0.1, 0.15) is 25.3 Å². The summed E-state index contributed by atoms with van der Waals surface area (Å²) in [6.07, 6.45) is 1.95. The van der Waals surface area contributed by atoms with E-state index in [1.165, 1.54) is 12.1 Å². The minimum Gasteiger partial charge on any atom is -0.489 e. The highest BCUT2D eigenvalue weighted by Gasteiger charge is 2.17. The Morgan fingerprint density at radius 1 is 1.16 bits per heavy atom. The van der Waals surface area contributed by atoms with Gasteiger partial charge in [0.2, 0.25) is 0 Å². The van der Waals surface area contributed by atoms with Gasteiger partial charge in [-0.1, -0.05) is 18.2 Å². The Morgan fingerprint density at radius 2 is 1.94 bits per heavy atom. The van der Waals surface area contributed by atoms with E-state index < -0.39 is 0 Å². The number of urea groups is 1. The van der Waals surface area contributed by atoms with Crippen molar-refractivity contribution in [1.29, 1.82) is 0 Å². The first-order valence-corrected chi connectivity index (χ1v) is 10.5. The van der Waals surface area contributed by atoms with Crippen molar-refractivity contribution in [1.82, 2.24) is 15.5 Å². The fourth-order valence-corrected chi connectivity index (χ4v) is 3.34. The molecule has 1 fully saturated rings. The molecule has 2 aromatic rings. The number of carbonyl (C=O) groups is 1. The number of nitrogens with zero attached hydrogens (tertiary/aromatic N) is 2. The quantitative estimate of drug-likeness (QED) is 0.466. The van der Waals surface area contributed by atoms with Gasteiger partial charge in [0, 0.05) is 38.4 Å².